The largest absolute Gasteiger partial charge is 0.495 e. The molecule has 11 heteroatoms. The molecule has 196 valence electrons. The predicted molar refractivity (Wildman–Crippen MR) is 140 cm³/mol. The first-order chi connectivity index (χ1) is 17.7. The number of aryl methyl sites for hydroxylation is 1. The van der Waals surface area contributed by atoms with E-state index in [1.54, 1.807) is 48.0 Å². The fraction of sp³-hybridized carbons (Fsp3) is 0.385. The van der Waals surface area contributed by atoms with E-state index in [9.17, 15) is 12.8 Å². The molecule has 1 unspecified atom stereocenters. The van der Waals surface area contributed by atoms with Crippen LogP contribution in [0.5, 0.6) is 5.75 Å². The molecule has 4 aromatic rings. The molecular formula is C26H31FN6O3S. The number of hydrogen-bond acceptors (Lipinski definition) is 6. The van der Waals surface area contributed by atoms with Crippen LogP contribution in [0.4, 0.5) is 10.1 Å². The summed E-state index contributed by atoms with van der Waals surface area (Å²) in [6.45, 7) is 5.83. The number of aromatic nitrogens is 4. The Morgan fingerprint density at radius 3 is 2.62 bits per heavy atom. The first kappa shape index (κ1) is 25.2. The van der Waals surface area contributed by atoms with E-state index < -0.39 is 15.6 Å². The summed E-state index contributed by atoms with van der Waals surface area (Å²) in [5.41, 5.74) is 1.83. The lowest BCUT2D eigenvalue weighted by molar-refractivity contribution is 0.267. The Morgan fingerprint density at radius 1 is 1.16 bits per heavy atom. The molecule has 1 aliphatic rings. The van der Waals surface area contributed by atoms with Gasteiger partial charge in [0.2, 0.25) is 10.0 Å². The smallest absolute Gasteiger partial charge is 0.246 e. The van der Waals surface area contributed by atoms with Gasteiger partial charge in [-0.25, -0.2) is 17.5 Å². The van der Waals surface area contributed by atoms with E-state index in [1.165, 1.54) is 22.6 Å². The maximum absolute atomic E-state index is 13.4. The molecule has 1 saturated heterocycles. The average molecular weight is 527 g/mol. The number of halogens is 1. The zero-order valence-electron chi connectivity index (χ0n) is 21.4. The Balaban J connectivity index is 1.43. The molecule has 0 N–H and O–H groups in total. The van der Waals surface area contributed by atoms with Gasteiger partial charge in [-0.1, -0.05) is 6.92 Å². The monoisotopic (exact) mass is 526 g/mol. The van der Waals surface area contributed by atoms with E-state index in [-0.39, 0.29) is 10.7 Å². The summed E-state index contributed by atoms with van der Waals surface area (Å²) >= 11 is 0. The number of nitrogens with zero attached hydrogens (tertiary/aromatic N) is 6. The summed E-state index contributed by atoms with van der Waals surface area (Å²) in [6.07, 6.45) is 6.32. The second kappa shape index (κ2) is 9.46. The van der Waals surface area contributed by atoms with Crippen molar-refractivity contribution in [3.8, 4) is 11.4 Å². The molecule has 1 atom stereocenters. The summed E-state index contributed by atoms with van der Waals surface area (Å²) < 4.78 is 50.9. The molecule has 37 heavy (non-hydrogen) atoms. The quantitative estimate of drug-likeness (QED) is 0.344. The van der Waals surface area contributed by atoms with Gasteiger partial charge >= 0.3 is 0 Å². The van der Waals surface area contributed by atoms with Crippen LogP contribution in [0, 0.1) is 5.82 Å². The van der Waals surface area contributed by atoms with E-state index in [0.29, 0.717) is 31.8 Å². The SMILES string of the molecule is CCCn1cc(S(=O)(=O)N(C)C2(C)CCN(c3cc4cnn(-c5ccc(F)cc5)c4cc3OC)C2)cn1. The second-order valence-corrected chi connectivity index (χ2v) is 11.7. The van der Waals surface area contributed by atoms with E-state index in [4.69, 9.17) is 4.74 Å². The molecule has 2 aromatic heterocycles. The van der Waals surface area contributed by atoms with Gasteiger partial charge in [0.15, 0.2) is 0 Å². The van der Waals surface area contributed by atoms with Gasteiger partial charge in [0.25, 0.3) is 0 Å². The lowest BCUT2D eigenvalue weighted by Crippen LogP contribution is -2.49. The van der Waals surface area contributed by atoms with Gasteiger partial charge in [-0.05, 0) is 50.1 Å². The highest BCUT2D eigenvalue weighted by atomic mass is 32.2. The number of benzene rings is 2. The molecular weight excluding hydrogens is 495 g/mol. The van der Waals surface area contributed by atoms with Crippen LogP contribution in [0.3, 0.4) is 0 Å². The topological polar surface area (TPSA) is 85.5 Å². The van der Waals surface area contributed by atoms with Crippen molar-refractivity contribution < 1.29 is 17.5 Å². The van der Waals surface area contributed by atoms with Gasteiger partial charge in [0.1, 0.15) is 16.5 Å². The van der Waals surface area contributed by atoms with Crippen LogP contribution in [0.2, 0.25) is 0 Å². The van der Waals surface area contributed by atoms with Crippen molar-refractivity contribution in [2.45, 2.75) is 43.7 Å². The Labute approximate surface area is 216 Å². The number of rotatable bonds is 8. The van der Waals surface area contributed by atoms with E-state index in [2.05, 4.69) is 15.1 Å². The van der Waals surface area contributed by atoms with Crippen molar-refractivity contribution in [3.05, 3.63) is 60.8 Å². The van der Waals surface area contributed by atoms with Crippen LogP contribution in [0.25, 0.3) is 16.6 Å². The predicted octanol–water partition coefficient (Wildman–Crippen LogP) is 4.07. The van der Waals surface area contributed by atoms with Crippen molar-refractivity contribution in [3.63, 3.8) is 0 Å². The molecule has 5 rings (SSSR count). The third kappa shape index (κ3) is 4.46. The number of anilines is 1. The van der Waals surface area contributed by atoms with Crippen molar-refractivity contribution in [2.75, 3.05) is 32.1 Å². The minimum Gasteiger partial charge on any atom is -0.495 e. The maximum atomic E-state index is 13.4. The average Bonchev–Trinajstić information content (AvgIpc) is 3.62. The maximum Gasteiger partial charge on any atom is 0.246 e. The lowest BCUT2D eigenvalue weighted by atomic mass is 10.0. The van der Waals surface area contributed by atoms with Crippen LogP contribution in [-0.4, -0.2) is 65.1 Å². The van der Waals surface area contributed by atoms with Gasteiger partial charge in [-0.15, -0.1) is 0 Å². The molecule has 0 bridgehead atoms. The number of ether oxygens (including phenoxy) is 1. The number of methoxy groups -OCH3 is 1. The molecule has 0 saturated carbocycles. The number of sulfonamides is 1. The fourth-order valence-electron chi connectivity index (χ4n) is 4.93. The van der Waals surface area contributed by atoms with Crippen molar-refractivity contribution >= 4 is 26.6 Å². The number of fused-ring (bicyclic) bond motifs is 1. The van der Waals surface area contributed by atoms with Crippen molar-refractivity contribution in [2.24, 2.45) is 0 Å². The third-order valence-electron chi connectivity index (χ3n) is 7.21. The highest BCUT2D eigenvalue weighted by molar-refractivity contribution is 7.89. The minimum absolute atomic E-state index is 0.204. The number of likely N-dealkylation sites (N-methyl/N-ethyl adjacent to an activating group) is 1. The Hall–Kier alpha value is -3.44. The van der Waals surface area contributed by atoms with Crippen LogP contribution in [0.15, 0.2) is 59.9 Å². The normalized spacial score (nSPS) is 18.3. The Bertz CT molecular complexity index is 1530. The second-order valence-electron chi connectivity index (χ2n) is 9.70. The molecule has 0 aliphatic carbocycles. The van der Waals surface area contributed by atoms with E-state index >= 15 is 0 Å². The molecule has 9 nitrogen and oxygen atoms in total. The molecule has 0 spiro atoms. The highest BCUT2D eigenvalue weighted by Crippen LogP contribution is 2.40. The number of hydrogen-bond donors (Lipinski definition) is 0. The van der Waals surface area contributed by atoms with Crippen molar-refractivity contribution in [1.29, 1.82) is 0 Å². The van der Waals surface area contributed by atoms with Crippen LogP contribution < -0.4 is 9.64 Å². The summed E-state index contributed by atoms with van der Waals surface area (Å²) in [6, 6.07) is 10.1. The van der Waals surface area contributed by atoms with E-state index in [1.807, 2.05) is 26.0 Å². The van der Waals surface area contributed by atoms with Gasteiger partial charge < -0.3 is 9.64 Å². The van der Waals surface area contributed by atoms with Crippen molar-refractivity contribution in [1.82, 2.24) is 23.9 Å². The summed E-state index contributed by atoms with van der Waals surface area (Å²) in [5, 5.41) is 9.61. The first-order valence-electron chi connectivity index (χ1n) is 12.2. The minimum atomic E-state index is -3.71. The van der Waals surface area contributed by atoms with Gasteiger partial charge in [-0.3, -0.25) is 4.68 Å². The molecule has 1 aliphatic heterocycles. The van der Waals surface area contributed by atoms with Crippen LogP contribution in [0.1, 0.15) is 26.7 Å². The zero-order chi connectivity index (χ0) is 26.4. The molecule has 1 fully saturated rings. The summed E-state index contributed by atoms with van der Waals surface area (Å²) in [5.74, 6) is 0.353. The molecule has 3 heterocycles. The van der Waals surface area contributed by atoms with Gasteiger partial charge in [-0.2, -0.15) is 14.5 Å². The first-order valence-corrected chi connectivity index (χ1v) is 13.7. The third-order valence-corrected chi connectivity index (χ3v) is 9.18. The molecule has 2 aromatic carbocycles. The highest BCUT2D eigenvalue weighted by Gasteiger charge is 2.44. The molecule has 0 amide bonds. The Kier molecular flexibility index (Phi) is 6.45. The lowest BCUT2D eigenvalue weighted by Gasteiger charge is -2.34. The van der Waals surface area contributed by atoms with Crippen LogP contribution >= 0.6 is 0 Å². The Morgan fingerprint density at radius 2 is 1.92 bits per heavy atom. The zero-order valence-corrected chi connectivity index (χ0v) is 22.2. The van der Waals surface area contributed by atoms with Crippen LogP contribution in [-0.2, 0) is 16.6 Å². The van der Waals surface area contributed by atoms with Gasteiger partial charge in [0.05, 0.1) is 41.9 Å². The summed E-state index contributed by atoms with van der Waals surface area (Å²) in [4.78, 5) is 2.36. The van der Waals surface area contributed by atoms with Gasteiger partial charge in [0, 0.05) is 44.3 Å². The standard InChI is InChI=1S/C26H31FN6O3S/c1-5-11-32-17-22(16-28-32)37(34,35)30(3)26(2)10-12-31(18-26)24-13-19-15-29-33(23(19)14-25(24)36-4)21-8-6-20(27)7-9-21/h6-9,13-17H,5,10-12,18H2,1-4H3. The molecule has 0 radical (unpaired) electrons. The summed E-state index contributed by atoms with van der Waals surface area (Å²) in [7, 11) is -0.456. The van der Waals surface area contributed by atoms with E-state index in [0.717, 1.165) is 28.7 Å². The fourth-order valence-corrected chi connectivity index (χ4v) is 6.41.